The Balaban J connectivity index is 1.66. The zero-order chi connectivity index (χ0) is 14.1. The number of carbonyl (C=O) groups is 1. The summed E-state index contributed by atoms with van der Waals surface area (Å²) in [5, 5.41) is 8.33. The van der Waals surface area contributed by atoms with Gasteiger partial charge < -0.3 is 4.90 Å². The molecule has 2 aromatic rings. The molecule has 1 atom stereocenters. The number of aryl methyl sites for hydroxylation is 1. The first-order valence-corrected chi connectivity index (χ1v) is 6.65. The van der Waals surface area contributed by atoms with E-state index >= 15 is 0 Å². The predicted molar refractivity (Wildman–Crippen MR) is 69.4 cm³/mol. The Bertz CT molecular complexity index is 603. The van der Waals surface area contributed by atoms with Gasteiger partial charge in [-0.1, -0.05) is 6.92 Å². The Kier molecular flexibility index (Phi) is 3.21. The van der Waals surface area contributed by atoms with Crippen molar-refractivity contribution in [3.05, 3.63) is 24.3 Å². The van der Waals surface area contributed by atoms with Gasteiger partial charge in [0.05, 0.1) is 25.6 Å². The summed E-state index contributed by atoms with van der Waals surface area (Å²) in [5.74, 6) is 1.60. The van der Waals surface area contributed by atoms with E-state index in [1.807, 2.05) is 23.4 Å². The van der Waals surface area contributed by atoms with Crippen LogP contribution in [0.4, 0.5) is 0 Å². The Morgan fingerprint density at radius 1 is 1.45 bits per heavy atom. The number of fused-ring (bicyclic) bond motifs is 1. The van der Waals surface area contributed by atoms with Crippen LogP contribution < -0.4 is 0 Å². The van der Waals surface area contributed by atoms with Gasteiger partial charge in [-0.3, -0.25) is 9.48 Å². The van der Waals surface area contributed by atoms with Crippen molar-refractivity contribution in [1.29, 1.82) is 0 Å². The first-order chi connectivity index (χ1) is 9.63. The van der Waals surface area contributed by atoms with Gasteiger partial charge in [0.1, 0.15) is 24.3 Å². The van der Waals surface area contributed by atoms with E-state index in [1.165, 1.54) is 6.33 Å². The van der Waals surface area contributed by atoms with Crippen LogP contribution in [0.25, 0.3) is 0 Å². The van der Waals surface area contributed by atoms with Gasteiger partial charge in [-0.2, -0.15) is 10.2 Å². The summed E-state index contributed by atoms with van der Waals surface area (Å²) in [4.78, 5) is 22.5. The second-order valence-corrected chi connectivity index (χ2v) is 5.08. The third kappa shape index (κ3) is 2.40. The maximum Gasteiger partial charge on any atom is 0.227 e. The average Bonchev–Trinajstić information content (AvgIpc) is 3.04. The zero-order valence-corrected chi connectivity index (χ0v) is 11.6. The first kappa shape index (κ1) is 12.8. The highest BCUT2D eigenvalue weighted by atomic mass is 16.2. The van der Waals surface area contributed by atoms with Crippen LogP contribution in [0.15, 0.2) is 12.7 Å². The van der Waals surface area contributed by atoms with Crippen LogP contribution in [0, 0.1) is 12.8 Å². The van der Waals surface area contributed by atoms with Crippen LogP contribution in [0.5, 0.6) is 0 Å². The van der Waals surface area contributed by atoms with Crippen LogP contribution in [-0.4, -0.2) is 46.9 Å². The highest BCUT2D eigenvalue weighted by Gasteiger charge is 2.26. The third-order valence-corrected chi connectivity index (χ3v) is 3.43. The molecule has 0 fully saturated rings. The number of aromatic nitrogens is 6. The Labute approximate surface area is 116 Å². The molecule has 0 spiro atoms. The molecular formula is C12H17N7O. The number of hydrogen-bond donors (Lipinski definition) is 0. The van der Waals surface area contributed by atoms with E-state index in [1.54, 1.807) is 11.0 Å². The second kappa shape index (κ2) is 5.03. The maximum absolute atomic E-state index is 12.4. The zero-order valence-electron chi connectivity index (χ0n) is 11.6. The molecule has 1 unspecified atom stereocenters. The molecule has 8 nitrogen and oxygen atoms in total. The topological polar surface area (TPSA) is 81.7 Å². The molecule has 1 aliphatic rings. The van der Waals surface area contributed by atoms with Crippen LogP contribution >= 0.6 is 0 Å². The monoisotopic (exact) mass is 275 g/mol. The summed E-state index contributed by atoms with van der Waals surface area (Å²) >= 11 is 0. The summed E-state index contributed by atoms with van der Waals surface area (Å²) in [6, 6.07) is 0. The van der Waals surface area contributed by atoms with E-state index in [0.717, 1.165) is 11.6 Å². The lowest BCUT2D eigenvalue weighted by Crippen LogP contribution is -2.42. The molecule has 0 saturated carbocycles. The van der Waals surface area contributed by atoms with Gasteiger partial charge >= 0.3 is 0 Å². The summed E-state index contributed by atoms with van der Waals surface area (Å²) in [6.07, 6.45) is 3.10. The molecule has 8 heteroatoms. The van der Waals surface area contributed by atoms with Crippen molar-refractivity contribution in [2.75, 3.05) is 6.54 Å². The van der Waals surface area contributed by atoms with Crippen LogP contribution in [0.3, 0.4) is 0 Å². The van der Waals surface area contributed by atoms with Crippen LogP contribution in [0.1, 0.15) is 18.6 Å². The highest BCUT2D eigenvalue weighted by molar-refractivity contribution is 5.78. The molecule has 0 bridgehead atoms. The highest BCUT2D eigenvalue weighted by Crippen LogP contribution is 2.14. The fourth-order valence-electron chi connectivity index (χ4n) is 2.45. The van der Waals surface area contributed by atoms with Gasteiger partial charge in [0.15, 0.2) is 0 Å². The summed E-state index contributed by atoms with van der Waals surface area (Å²) in [5.41, 5.74) is 0. The van der Waals surface area contributed by atoms with Gasteiger partial charge in [0.25, 0.3) is 0 Å². The average molecular weight is 275 g/mol. The van der Waals surface area contributed by atoms with Gasteiger partial charge in [0, 0.05) is 6.54 Å². The van der Waals surface area contributed by atoms with Crippen LogP contribution in [-0.2, 0) is 24.4 Å². The quantitative estimate of drug-likeness (QED) is 0.778. The third-order valence-electron chi connectivity index (χ3n) is 3.43. The fraction of sp³-hybridized carbons (Fsp3) is 0.583. The number of carbonyl (C=O) groups excluding carboxylic acids is 1. The van der Waals surface area contributed by atoms with Gasteiger partial charge in [-0.05, 0) is 6.92 Å². The van der Waals surface area contributed by atoms with Crippen molar-refractivity contribution < 1.29 is 4.79 Å². The molecule has 106 valence electrons. The lowest BCUT2D eigenvalue weighted by atomic mass is 10.1. The minimum absolute atomic E-state index is 0.118. The lowest BCUT2D eigenvalue weighted by Gasteiger charge is -2.29. The molecule has 3 heterocycles. The minimum atomic E-state index is -0.132. The van der Waals surface area contributed by atoms with E-state index in [4.69, 9.17) is 0 Å². The molecule has 0 radical (unpaired) electrons. The van der Waals surface area contributed by atoms with Gasteiger partial charge in [-0.15, -0.1) is 0 Å². The van der Waals surface area contributed by atoms with Gasteiger partial charge in [-0.25, -0.2) is 14.6 Å². The summed E-state index contributed by atoms with van der Waals surface area (Å²) in [7, 11) is 0. The van der Waals surface area contributed by atoms with Crippen molar-refractivity contribution in [3.8, 4) is 0 Å². The van der Waals surface area contributed by atoms with E-state index in [2.05, 4.69) is 20.2 Å². The molecule has 0 saturated heterocycles. The van der Waals surface area contributed by atoms with Crippen molar-refractivity contribution in [1.82, 2.24) is 34.4 Å². The molecule has 2 aromatic heterocycles. The smallest absolute Gasteiger partial charge is 0.227 e. The van der Waals surface area contributed by atoms with Crippen molar-refractivity contribution in [2.45, 2.75) is 33.5 Å². The Morgan fingerprint density at radius 2 is 2.30 bits per heavy atom. The van der Waals surface area contributed by atoms with E-state index in [0.29, 0.717) is 26.2 Å². The molecule has 20 heavy (non-hydrogen) atoms. The molecule has 0 aliphatic carbocycles. The Hall–Kier alpha value is -2.25. The second-order valence-electron chi connectivity index (χ2n) is 5.08. The predicted octanol–water partition coefficient (Wildman–Crippen LogP) is -0.143. The molecule has 0 aromatic carbocycles. The fourth-order valence-corrected chi connectivity index (χ4v) is 2.45. The maximum atomic E-state index is 12.4. The van der Waals surface area contributed by atoms with Crippen molar-refractivity contribution in [3.63, 3.8) is 0 Å². The van der Waals surface area contributed by atoms with E-state index < -0.39 is 0 Å². The molecule has 0 N–H and O–H groups in total. The Morgan fingerprint density at radius 3 is 3.05 bits per heavy atom. The first-order valence-electron chi connectivity index (χ1n) is 6.65. The number of amides is 1. The number of rotatable bonds is 3. The lowest BCUT2D eigenvalue weighted by molar-refractivity contribution is -0.137. The standard InChI is InChI=1S/C12H17N7O/c1-9(5-18-8-13-7-14-18)12(20)17-3-4-19-11(6-17)15-10(2)16-19/h7-9H,3-6H2,1-2H3. The van der Waals surface area contributed by atoms with Gasteiger partial charge in [0.2, 0.25) is 5.91 Å². The SMILES string of the molecule is Cc1nc2n(n1)CCN(C(=O)C(C)Cn1cncn1)C2. The molecule has 1 aliphatic heterocycles. The largest absolute Gasteiger partial charge is 0.333 e. The molecular weight excluding hydrogens is 258 g/mol. The normalized spacial score (nSPS) is 16.0. The summed E-state index contributed by atoms with van der Waals surface area (Å²) in [6.45, 7) is 6.23. The van der Waals surface area contributed by atoms with Crippen LogP contribution in [0.2, 0.25) is 0 Å². The molecule has 3 rings (SSSR count). The van der Waals surface area contributed by atoms with E-state index in [9.17, 15) is 4.79 Å². The summed E-state index contributed by atoms with van der Waals surface area (Å²) < 4.78 is 3.56. The number of hydrogen-bond acceptors (Lipinski definition) is 5. The molecule has 1 amide bonds. The van der Waals surface area contributed by atoms with E-state index in [-0.39, 0.29) is 11.8 Å². The van der Waals surface area contributed by atoms with Crippen molar-refractivity contribution in [2.24, 2.45) is 5.92 Å². The van der Waals surface area contributed by atoms with Crippen molar-refractivity contribution >= 4 is 5.91 Å². The minimum Gasteiger partial charge on any atom is -0.333 e. The number of nitrogens with zero attached hydrogens (tertiary/aromatic N) is 7.